The lowest BCUT2D eigenvalue weighted by molar-refractivity contribution is 0.414. The molecule has 1 unspecified atom stereocenters. The van der Waals surface area contributed by atoms with Crippen LogP contribution in [-0.2, 0) is 6.42 Å². The molecule has 3 nitrogen and oxygen atoms in total. The first kappa shape index (κ1) is 13.3. The number of methoxy groups -OCH3 is 1. The maximum absolute atomic E-state index is 5.21. The van der Waals surface area contributed by atoms with Gasteiger partial charge >= 0.3 is 0 Å². The topological polar surface area (TPSA) is 33.6 Å². The summed E-state index contributed by atoms with van der Waals surface area (Å²) in [6, 6.07) is 8.79. The van der Waals surface area contributed by atoms with Crippen LogP contribution in [0.1, 0.15) is 18.9 Å². The van der Waals surface area contributed by atoms with Crippen molar-refractivity contribution in [1.82, 2.24) is 5.32 Å². The summed E-state index contributed by atoms with van der Waals surface area (Å²) in [6.45, 7) is 3.04. The highest BCUT2D eigenvalue weighted by molar-refractivity contribution is 8.14. The van der Waals surface area contributed by atoms with Crippen molar-refractivity contribution in [1.29, 1.82) is 0 Å². The molecule has 0 radical (unpaired) electrons. The Morgan fingerprint density at radius 2 is 2.39 bits per heavy atom. The lowest BCUT2D eigenvalue weighted by atomic mass is 10.1. The fourth-order valence-corrected chi connectivity index (χ4v) is 2.97. The van der Waals surface area contributed by atoms with Gasteiger partial charge in [-0.15, -0.1) is 0 Å². The minimum atomic E-state index is 0.602. The quantitative estimate of drug-likeness (QED) is 0.888. The minimum absolute atomic E-state index is 0.602. The zero-order chi connectivity index (χ0) is 12.8. The van der Waals surface area contributed by atoms with E-state index >= 15 is 0 Å². The van der Waals surface area contributed by atoms with Crippen LogP contribution in [0.15, 0.2) is 29.3 Å². The average Bonchev–Trinajstić information content (AvgIpc) is 2.87. The molecule has 1 atom stereocenters. The summed E-state index contributed by atoms with van der Waals surface area (Å²) < 4.78 is 5.21. The van der Waals surface area contributed by atoms with Crippen molar-refractivity contribution in [3.63, 3.8) is 0 Å². The molecule has 1 saturated heterocycles. The van der Waals surface area contributed by atoms with E-state index in [-0.39, 0.29) is 0 Å². The van der Waals surface area contributed by atoms with Crippen molar-refractivity contribution in [2.24, 2.45) is 4.99 Å². The molecule has 1 fully saturated rings. The molecule has 1 aromatic rings. The van der Waals surface area contributed by atoms with Crippen LogP contribution in [0.5, 0.6) is 5.75 Å². The Kier molecular flexibility index (Phi) is 4.93. The number of nitrogens with one attached hydrogen (secondary N) is 1. The normalized spacial score (nSPS) is 21.0. The Morgan fingerprint density at radius 3 is 3.11 bits per heavy atom. The van der Waals surface area contributed by atoms with Crippen LogP contribution in [0, 0.1) is 0 Å². The first-order valence-corrected chi connectivity index (χ1v) is 7.37. The van der Waals surface area contributed by atoms with E-state index < -0.39 is 0 Å². The van der Waals surface area contributed by atoms with Crippen LogP contribution in [-0.4, -0.2) is 30.6 Å². The molecule has 4 heteroatoms. The number of aliphatic imine (C=N–C) groups is 1. The number of benzene rings is 1. The molecule has 98 valence electrons. The second-order valence-corrected chi connectivity index (χ2v) is 5.36. The van der Waals surface area contributed by atoms with E-state index in [9.17, 15) is 0 Å². The second kappa shape index (κ2) is 6.69. The number of nitrogens with zero attached hydrogens (tertiary/aromatic N) is 1. The van der Waals surface area contributed by atoms with Gasteiger partial charge in [0.25, 0.3) is 0 Å². The Morgan fingerprint density at radius 1 is 1.50 bits per heavy atom. The molecule has 0 bridgehead atoms. The Hall–Kier alpha value is -1.16. The van der Waals surface area contributed by atoms with Gasteiger partial charge in [0.05, 0.1) is 7.11 Å². The predicted molar refractivity (Wildman–Crippen MR) is 78.7 cm³/mol. The second-order valence-electron chi connectivity index (χ2n) is 4.35. The van der Waals surface area contributed by atoms with Crippen molar-refractivity contribution in [2.45, 2.75) is 25.8 Å². The fourth-order valence-electron chi connectivity index (χ4n) is 1.86. The van der Waals surface area contributed by atoms with Gasteiger partial charge in [-0.05, 0) is 30.5 Å². The van der Waals surface area contributed by atoms with Crippen LogP contribution >= 0.6 is 11.8 Å². The Labute approximate surface area is 113 Å². The third-order valence-electron chi connectivity index (χ3n) is 3.03. The fraction of sp³-hybridized carbons (Fsp3) is 0.500. The Balaban J connectivity index is 1.83. The van der Waals surface area contributed by atoms with E-state index in [2.05, 4.69) is 29.4 Å². The lowest BCUT2D eigenvalue weighted by Gasteiger charge is -2.05. The van der Waals surface area contributed by atoms with Crippen molar-refractivity contribution in [2.75, 3.05) is 19.4 Å². The average molecular weight is 264 g/mol. The van der Waals surface area contributed by atoms with Crippen molar-refractivity contribution >= 4 is 16.9 Å². The summed E-state index contributed by atoms with van der Waals surface area (Å²) in [7, 11) is 1.70. The molecule has 1 heterocycles. The third kappa shape index (κ3) is 3.67. The van der Waals surface area contributed by atoms with Crippen molar-refractivity contribution < 1.29 is 4.74 Å². The SMILES string of the molecule is CCC1CSC(=NCCc2cccc(OC)c2)N1. The van der Waals surface area contributed by atoms with Crippen LogP contribution in [0.3, 0.4) is 0 Å². The van der Waals surface area contributed by atoms with E-state index in [1.165, 1.54) is 12.0 Å². The molecule has 1 aromatic carbocycles. The maximum Gasteiger partial charge on any atom is 0.156 e. The van der Waals surface area contributed by atoms with E-state index in [0.29, 0.717) is 6.04 Å². The zero-order valence-electron chi connectivity index (χ0n) is 11.0. The summed E-state index contributed by atoms with van der Waals surface area (Å²) in [5.74, 6) is 2.06. The van der Waals surface area contributed by atoms with E-state index in [4.69, 9.17) is 4.74 Å². The first-order chi connectivity index (χ1) is 8.81. The molecule has 1 aliphatic rings. The zero-order valence-corrected chi connectivity index (χ0v) is 11.8. The summed E-state index contributed by atoms with van der Waals surface area (Å²) in [5, 5.41) is 4.54. The smallest absolute Gasteiger partial charge is 0.156 e. The van der Waals surface area contributed by atoms with Crippen LogP contribution in [0.25, 0.3) is 0 Å². The monoisotopic (exact) mass is 264 g/mol. The van der Waals surface area contributed by atoms with Gasteiger partial charge in [-0.1, -0.05) is 30.8 Å². The molecule has 0 amide bonds. The number of hydrogen-bond donors (Lipinski definition) is 1. The summed E-state index contributed by atoms with van der Waals surface area (Å²) in [6.07, 6.45) is 2.13. The van der Waals surface area contributed by atoms with Crippen molar-refractivity contribution in [3.8, 4) is 5.75 Å². The Bertz CT molecular complexity index is 420. The highest BCUT2D eigenvalue weighted by Crippen LogP contribution is 2.16. The molecule has 0 saturated carbocycles. The van der Waals surface area contributed by atoms with Gasteiger partial charge in [0.2, 0.25) is 0 Å². The number of thioether (sulfide) groups is 1. The third-order valence-corrected chi connectivity index (χ3v) is 4.12. The lowest BCUT2D eigenvalue weighted by Crippen LogP contribution is -2.25. The van der Waals surface area contributed by atoms with Gasteiger partial charge in [0.15, 0.2) is 5.17 Å². The number of ether oxygens (including phenoxy) is 1. The molecule has 18 heavy (non-hydrogen) atoms. The van der Waals surface area contributed by atoms with Gasteiger partial charge in [-0.3, -0.25) is 4.99 Å². The molecule has 0 spiro atoms. The number of amidine groups is 1. The summed E-state index contributed by atoms with van der Waals surface area (Å²) in [5.41, 5.74) is 1.27. The minimum Gasteiger partial charge on any atom is -0.497 e. The standard InChI is InChI=1S/C14H20N2OS/c1-3-12-10-18-14(16-12)15-8-7-11-5-4-6-13(9-11)17-2/h4-6,9,12H,3,7-8,10H2,1-2H3,(H,15,16). The molecular formula is C14H20N2OS. The van der Waals surface area contributed by atoms with Gasteiger partial charge in [-0.2, -0.15) is 0 Å². The van der Waals surface area contributed by atoms with Crippen LogP contribution < -0.4 is 10.1 Å². The largest absolute Gasteiger partial charge is 0.497 e. The molecule has 0 aromatic heterocycles. The number of rotatable bonds is 5. The summed E-state index contributed by atoms with van der Waals surface area (Å²) >= 11 is 1.83. The van der Waals surface area contributed by atoms with Gasteiger partial charge in [0, 0.05) is 18.3 Å². The summed E-state index contributed by atoms with van der Waals surface area (Å²) in [4.78, 5) is 4.60. The number of hydrogen-bond acceptors (Lipinski definition) is 3. The van der Waals surface area contributed by atoms with E-state index in [1.807, 2.05) is 23.9 Å². The highest BCUT2D eigenvalue weighted by Gasteiger charge is 2.17. The highest BCUT2D eigenvalue weighted by atomic mass is 32.2. The molecule has 0 aliphatic carbocycles. The maximum atomic E-state index is 5.21. The van der Waals surface area contributed by atoms with Gasteiger partial charge < -0.3 is 10.1 Å². The van der Waals surface area contributed by atoms with Crippen LogP contribution in [0.2, 0.25) is 0 Å². The van der Waals surface area contributed by atoms with Gasteiger partial charge in [0.1, 0.15) is 5.75 Å². The van der Waals surface area contributed by atoms with E-state index in [1.54, 1.807) is 7.11 Å². The first-order valence-electron chi connectivity index (χ1n) is 6.38. The molecule has 2 rings (SSSR count). The van der Waals surface area contributed by atoms with Crippen molar-refractivity contribution in [3.05, 3.63) is 29.8 Å². The molecule has 1 aliphatic heterocycles. The predicted octanol–water partition coefficient (Wildman–Crippen LogP) is 2.71. The molecular weight excluding hydrogens is 244 g/mol. The molecule has 1 N–H and O–H groups in total. The van der Waals surface area contributed by atoms with Gasteiger partial charge in [-0.25, -0.2) is 0 Å². The van der Waals surface area contributed by atoms with Crippen LogP contribution in [0.4, 0.5) is 0 Å². The van der Waals surface area contributed by atoms with E-state index in [0.717, 1.165) is 29.6 Å².